The van der Waals surface area contributed by atoms with Crippen molar-refractivity contribution in [2.75, 3.05) is 13.2 Å². The lowest BCUT2D eigenvalue weighted by Crippen LogP contribution is -2.30. The third kappa shape index (κ3) is 62.0. The van der Waals surface area contributed by atoms with E-state index in [2.05, 4.69) is 167 Å². The van der Waals surface area contributed by atoms with Gasteiger partial charge in [0.15, 0.2) is 6.10 Å². The van der Waals surface area contributed by atoms with Gasteiger partial charge in [0.25, 0.3) is 0 Å². The van der Waals surface area contributed by atoms with E-state index in [0.29, 0.717) is 19.3 Å². The minimum Gasteiger partial charge on any atom is -0.462 e. The van der Waals surface area contributed by atoms with Gasteiger partial charge in [-0.25, -0.2) is 0 Å². The summed E-state index contributed by atoms with van der Waals surface area (Å²) in [5.74, 6) is -0.937. The molecular formula is C71H114O6. The maximum atomic E-state index is 12.8. The van der Waals surface area contributed by atoms with Gasteiger partial charge in [-0.1, -0.05) is 263 Å². The average molecular weight is 1060 g/mol. The fourth-order valence-corrected chi connectivity index (χ4v) is 8.15. The molecule has 0 aromatic rings. The molecule has 0 aliphatic rings. The molecule has 77 heavy (non-hydrogen) atoms. The number of hydrogen-bond donors (Lipinski definition) is 0. The van der Waals surface area contributed by atoms with Crippen molar-refractivity contribution in [2.24, 2.45) is 0 Å². The van der Waals surface area contributed by atoms with Gasteiger partial charge in [-0.05, 0) is 128 Å². The lowest BCUT2D eigenvalue weighted by molar-refractivity contribution is -0.167. The van der Waals surface area contributed by atoms with E-state index in [4.69, 9.17) is 14.2 Å². The summed E-state index contributed by atoms with van der Waals surface area (Å²) in [6, 6.07) is 0. The Morgan fingerprint density at radius 2 is 0.506 bits per heavy atom. The number of allylic oxidation sites excluding steroid dienone is 24. The first-order valence-corrected chi connectivity index (χ1v) is 31.3. The van der Waals surface area contributed by atoms with Crippen LogP contribution in [0.4, 0.5) is 0 Å². The number of carbonyl (C=O) groups excluding carboxylic acids is 3. The van der Waals surface area contributed by atoms with Gasteiger partial charge in [0.1, 0.15) is 13.2 Å². The highest BCUT2D eigenvalue weighted by Crippen LogP contribution is 2.14. The summed E-state index contributed by atoms with van der Waals surface area (Å²) in [6.07, 6.45) is 91.6. The topological polar surface area (TPSA) is 78.9 Å². The monoisotopic (exact) mass is 1060 g/mol. The minimum absolute atomic E-state index is 0.0925. The normalized spacial score (nSPS) is 13.1. The van der Waals surface area contributed by atoms with Crippen molar-refractivity contribution in [3.63, 3.8) is 0 Å². The highest BCUT2D eigenvalue weighted by molar-refractivity contribution is 5.71. The van der Waals surface area contributed by atoms with Crippen LogP contribution in [0, 0.1) is 0 Å². The van der Waals surface area contributed by atoms with Gasteiger partial charge < -0.3 is 14.2 Å². The molecule has 0 spiro atoms. The summed E-state index contributed by atoms with van der Waals surface area (Å²) in [5.41, 5.74) is 0. The Kier molecular flexibility index (Phi) is 59.9. The summed E-state index contributed by atoms with van der Waals surface area (Å²) in [6.45, 7) is 6.42. The van der Waals surface area contributed by atoms with Gasteiger partial charge in [-0.2, -0.15) is 0 Å². The molecule has 6 nitrogen and oxygen atoms in total. The molecule has 6 heteroatoms. The first-order valence-electron chi connectivity index (χ1n) is 31.3. The highest BCUT2D eigenvalue weighted by Gasteiger charge is 2.19. The molecule has 0 aromatic heterocycles. The van der Waals surface area contributed by atoms with E-state index in [9.17, 15) is 14.4 Å². The molecule has 1 atom stereocenters. The number of rotatable bonds is 55. The van der Waals surface area contributed by atoms with Gasteiger partial charge in [0.2, 0.25) is 0 Å². The maximum Gasteiger partial charge on any atom is 0.306 e. The second-order valence-electron chi connectivity index (χ2n) is 20.2. The predicted molar refractivity (Wildman–Crippen MR) is 334 cm³/mol. The van der Waals surface area contributed by atoms with Crippen LogP contribution in [0.5, 0.6) is 0 Å². The summed E-state index contributed by atoms with van der Waals surface area (Å²) < 4.78 is 16.8. The molecule has 0 saturated heterocycles. The van der Waals surface area contributed by atoms with E-state index < -0.39 is 6.10 Å². The molecule has 0 aliphatic carbocycles. The van der Waals surface area contributed by atoms with Crippen LogP contribution in [0.2, 0.25) is 0 Å². The molecule has 0 aliphatic heterocycles. The van der Waals surface area contributed by atoms with Gasteiger partial charge in [-0.15, -0.1) is 0 Å². The van der Waals surface area contributed by atoms with Crippen LogP contribution in [0.1, 0.15) is 265 Å². The number of unbranched alkanes of at least 4 members (excludes halogenated alkanes) is 20. The van der Waals surface area contributed by atoms with Gasteiger partial charge in [0.05, 0.1) is 0 Å². The zero-order valence-corrected chi connectivity index (χ0v) is 49.7. The molecule has 434 valence electrons. The lowest BCUT2D eigenvalue weighted by atomic mass is 10.1. The van der Waals surface area contributed by atoms with Crippen LogP contribution in [0.3, 0.4) is 0 Å². The SMILES string of the molecule is CC/C=C\C/C=C\C/C=C\C/C=C\C/C=C\C/C=C\C/C=C\C/C=C\C/C=C\C/C=C\CCCCCCC(=O)OCC(COC(=O)CCCCCCCCC)OC(=O)CCCCCCCCC/C=C\C/C=C\CCCCC. The molecular weight excluding hydrogens is 949 g/mol. The molecule has 0 aromatic carbocycles. The van der Waals surface area contributed by atoms with Crippen LogP contribution in [-0.4, -0.2) is 37.2 Å². The molecule has 0 amide bonds. The predicted octanol–water partition coefficient (Wildman–Crippen LogP) is 21.5. The number of ether oxygens (including phenoxy) is 3. The summed E-state index contributed by atoms with van der Waals surface area (Å²) >= 11 is 0. The Hall–Kier alpha value is -4.71. The van der Waals surface area contributed by atoms with Crippen LogP contribution >= 0.6 is 0 Å². The average Bonchev–Trinajstić information content (AvgIpc) is 3.43. The fourth-order valence-electron chi connectivity index (χ4n) is 8.15. The Morgan fingerprint density at radius 3 is 0.818 bits per heavy atom. The van der Waals surface area contributed by atoms with Crippen molar-refractivity contribution in [1.29, 1.82) is 0 Å². The van der Waals surface area contributed by atoms with Crippen molar-refractivity contribution in [3.8, 4) is 0 Å². The Bertz CT molecular complexity index is 1700. The van der Waals surface area contributed by atoms with Gasteiger partial charge >= 0.3 is 17.9 Å². The molecule has 0 fully saturated rings. The van der Waals surface area contributed by atoms with Crippen molar-refractivity contribution >= 4 is 17.9 Å². The number of hydrogen-bond acceptors (Lipinski definition) is 6. The second kappa shape index (κ2) is 63.8. The molecule has 0 radical (unpaired) electrons. The van der Waals surface area contributed by atoms with Crippen molar-refractivity contribution in [3.05, 3.63) is 146 Å². The third-order valence-corrected chi connectivity index (χ3v) is 12.8. The largest absolute Gasteiger partial charge is 0.462 e. The van der Waals surface area contributed by atoms with E-state index >= 15 is 0 Å². The van der Waals surface area contributed by atoms with E-state index in [0.717, 1.165) is 148 Å². The smallest absolute Gasteiger partial charge is 0.306 e. The molecule has 1 unspecified atom stereocenters. The van der Waals surface area contributed by atoms with Crippen molar-refractivity contribution in [2.45, 2.75) is 271 Å². The van der Waals surface area contributed by atoms with Crippen LogP contribution in [0.15, 0.2) is 146 Å². The summed E-state index contributed by atoms with van der Waals surface area (Å²) in [5, 5.41) is 0. The molecule has 0 saturated carbocycles. The molecule has 0 N–H and O–H groups in total. The number of carbonyl (C=O) groups is 3. The highest BCUT2D eigenvalue weighted by atomic mass is 16.6. The molecule has 0 rings (SSSR count). The third-order valence-electron chi connectivity index (χ3n) is 12.8. The Labute approximate surface area is 474 Å². The maximum absolute atomic E-state index is 12.8. The zero-order chi connectivity index (χ0) is 55.7. The van der Waals surface area contributed by atoms with E-state index in [1.807, 2.05) is 0 Å². The second-order valence-corrected chi connectivity index (χ2v) is 20.2. The minimum atomic E-state index is -0.795. The fraction of sp³-hybridized carbons (Fsp3) is 0.620. The van der Waals surface area contributed by atoms with Crippen LogP contribution < -0.4 is 0 Å². The van der Waals surface area contributed by atoms with Crippen molar-refractivity contribution < 1.29 is 28.6 Å². The lowest BCUT2D eigenvalue weighted by Gasteiger charge is -2.18. The van der Waals surface area contributed by atoms with Crippen molar-refractivity contribution in [1.82, 2.24) is 0 Å². The van der Waals surface area contributed by atoms with E-state index in [-0.39, 0.29) is 31.1 Å². The van der Waals surface area contributed by atoms with Crippen LogP contribution in [-0.2, 0) is 28.6 Å². The quantitative estimate of drug-likeness (QED) is 0.0261. The summed E-state index contributed by atoms with van der Waals surface area (Å²) in [4.78, 5) is 38.0. The zero-order valence-electron chi connectivity index (χ0n) is 49.7. The van der Waals surface area contributed by atoms with E-state index in [1.165, 1.54) is 77.0 Å². The summed E-state index contributed by atoms with van der Waals surface area (Å²) in [7, 11) is 0. The molecule has 0 heterocycles. The Balaban J connectivity index is 4.21. The van der Waals surface area contributed by atoms with Gasteiger partial charge in [0, 0.05) is 19.3 Å². The first kappa shape index (κ1) is 72.3. The standard InChI is InChI=1S/C71H114O6/c1-4-7-10-13-16-18-20-22-24-26-27-28-29-30-31-32-33-34-35-36-37-38-39-40-41-42-43-45-46-48-50-52-55-58-61-64-70(73)76-67-68(66-75-69(72)63-60-57-54-15-12-9-6-3)77-71(74)65-62-59-56-53-51-49-47-44-25-23-21-19-17-14-11-8-5-2/h7,10,16-19,22-25,27-28,30-31,33-34,36-37,39-40,42-43,46,48,68H,4-6,8-9,11-15,20-21,26,29,32,35,38,41,44-45,47,49-67H2,1-3H3/b10-7-,18-16-,19-17-,24-22-,25-23-,28-27-,31-30-,34-33-,37-36-,40-39-,43-42-,48-46-. The molecule has 0 bridgehead atoms. The van der Waals surface area contributed by atoms with Crippen LogP contribution in [0.25, 0.3) is 0 Å². The Morgan fingerprint density at radius 1 is 0.273 bits per heavy atom. The first-order chi connectivity index (χ1) is 38.0. The van der Waals surface area contributed by atoms with E-state index in [1.54, 1.807) is 0 Å². The van der Waals surface area contributed by atoms with Gasteiger partial charge in [-0.3, -0.25) is 14.4 Å². The number of esters is 3.